The first-order valence-corrected chi connectivity index (χ1v) is 8.26. The summed E-state index contributed by atoms with van der Waals surface area (Å²) in [5.41, 5.74) is 1.46. The number of hydrogen-bond donors (Lipinski definition) is 3. The van der Waals surface area contributed by atoms with Gasteiger partial charge in [0.05, 0.1) is 12.2 Å². The molecule has 1 saturated carbocycles. The summed E-state index contributed by atoms with van der Waals surface area (Å²) in [4.78, 5) is 16.4. The van der Waals surface area contributed by atoms with E-state index in [2.05, 4.69) is 10.3 Å². The third-order valence-electron chi connectivity index (χ3n) is 3.96. The number of hydrogen-bond acceptors (Lipinski definition) is 5. The summed E-state index contributed by atoms with van der Waals surface area (Å²) in [6.07, 6.45) is 4.26. The molecule has 0 bridgehead atoms. The average Bonchev–Trinajstić information content (AvgIpc) is 3.19. The number of benzene rings is 1. The summed E-state index contributed by atoms with van der Waals surface area (Å²) in [5.74, 6) is -0.0328. The van der Waals surface area contributed by atoms with E-state index in [-0.39, 0.29) is 23.3 Å². The number of nitrogens with one attached hydrogen (secondary N) is 1. The molecule has 0 unspecified atom stereocenters. The maximum Gasteiger partial charge on any atom is 0.223 e. The summed E-state index contributed by atoms with van der Waals surface area (Å²) in [7, 11) is 0. The van der Waals surface area contributed by atoms with Gasteiger partial charge in [-0.05, 0) is 31.0 Å². The van der Waals surface area contributed by atoms with E-state index in [1.807, 2.05) is 5.38 Å². The minimum absolute atomic E-state index is 0.122. The molecule has 5 nitrogen and oxygen atoms in total. The molecule has 1 aliphatic rings. The van der Waals surface area contributed by atoms with E-state index in [0.717, 1.165) is 41.9 Å². The molecule has 22 heavy (non-hydrogen) atoms. The number of nitrogens with zero attached hydrogens (tertiary/aromatic N) is 1. The zero-order valence-electron chi connectivity index (χ0n) is 12.1. The molecule has 2 aromatic rings. The van der Waals surface area contributed by atoms with Crippen molar-refractivity contribution >= 4 is 17.2 Å². The van der Waals surface area contributed by atoms with Crippen LogP contribution in [0, 0.1) is 5.92 Å². The lowest BCUT2D eigenvalue weighted by Crippen LogP contribution is -2.28. The predicted molar refractivity (Wildman–Crippen MR) is 84.7 cm³/mol. The van der Waals surface area contributed by atoms with Gasteiger partial charge in [0.1, 0.15) is 5.01 Å². The molecule has 0 spiro atoms. The SMILES string of the molecule is O=C(NCc1nc(-c2ccc(O)c(O)c2)cs1)C1CCCC1. The van der Waals surface area contributed by atoms with Gasteiger partial charge in [0.2, 0.25) is 5.91 Å². The normalized spacial score (nSPS) is 15.1. The van der Waals surface area contributed by atoms with Crippen LogP contribution in [0.1, 0.15) is 30.7 Å². The van der Waals surface area contributed by atoms with Crippen molar-refractivity contribution in [3.63, 3.8) is 0 Å². The van der Waals surface area contributed by atoms with Gasteiger partial charge in [-0.2, -0.15) is 0 Å². The van der Waals surface area contributed by atoms with Crippen molar-refractivity contribution < 1.29 is 15.0 Å². The summed E-state index contributed by atoms with van der Waals surface area (Å²) >= 11 is 1.47. The van der Waals surface area contributed by atoms with Gasteiger partial charge in [-0.15, -0.1) is 11.3 Å². The summed E-state index contributed by atoms with van der Waals surface area (Å²) in [6, 6.07) is 4.61. The standard InChI is InChI=1S/C16H18N2O3S/c19-13-6-5-11(7-14(13)20)12-9-22-15(18-12)8-17-16(21)10-3-1-2-4-10/h5-7,9-10,19-20H,1-4,8H2,(H,17,21). The first-order valence-electron chi connectivity index (χ1n) is 7.38. The van der Waals surface area contributed by atoms with Crippen molar-refractivity contribution in [1.29, 1.82) is 0 Å². The fourth-order valence-corrected chi connectivity index (χ4v) is 3.45. The van der Waals surface area contributed by atoms with Crippen LogP contribution in [0.5, 0.6) is 11.5 Å². The molecule has 0 radical (unpaired) electrons. The number of rotatable bonds is 4. The van der Waals surface area contributed by atoms with Gasteiger partial charge in [0.15, 0.2) is 11.5 Å². The number of carbonyl (C=O) groups excluding carboxylic acids is 1. The Morgan fingerprint density at radius 2 is 2.05 bits per heavy atom. The summed E-state index contributed by atoms with van der Waals surface area (Å²) in [6.45, 7) is 0.435. The largest absolute Gasteiger partial charge is 0.504 e. The second kappa shape index (κ2) is 6.36. The first-order chi connectivity index (χ1) is 10.6. The van der Waals surface area contributed by atoms with Gasteiger partial charge in [-0.1, -0.05) is 12.8 Å². The third kappa shape index (κ3) is 3.22. The van der Waals surface area contributed by atoms with Gasteiger partial charge in [0.25, 0.3) is 0 Å². The highest BCUT2D eigenvalue weighted by Crippen LogP contribution is 2.31. The molecule has 1 aromatic carbocycles. The molecule has 3 rings (SSSR count). The highest BCUT2D eigenvalue weighted by Gasteiger charge is 2.22. The monoisotopic (exact) mass is 318 g/mol. The van der Waals surface area contributed by atoms with Crippen LogP contribution >= 0.6 is 11.3 Å². The van der Waals surface area contributed by atoms with Crippen LogP contribution in [-0.4, -0.2) is 21.1 Å². The van der Waals surface area contributed by atoms with Gasteiger partial charge in [-0.25, -0.2) is 4.98 Å². The lowest BCUT2D eigenvalue weighted by atomic mass is 10.1. The lowest BCUT2D eigenvalue weighted by molar-refractivity contribution is -0.124. The molecular formula is C16H18N2O3S. The van der Waals surface area contributed by atoms with E-state index in [4.69, 9.17) is 0 Å². The van der Waals surface area contributed by atoms with E-state index in [1.165, 1.54) is 23.5 Å². The highest BCUT2D eigenvalue weighted by molar-refractivity contribution is 7.09. The summed E-state index contributed by atoms with van der Waals surface area (Å²) in [5, 5.41) is 24.5. The van der Waals surface area contributed by atoms with E-state index in [1.54, 1.807) is 6.07 Å². The number of aromatic hydroxyl groups is 2. The lowest BCUT2D eigenvalue weighted by Gasteiger charge is -2.08. The minimum atomic E-state index is -0.165. The fraction of sp³-hybridized carbons (Fsp3) is 0.375. The molecule has 6 heteroatoms. The number of aromatic nitrogens is 1. The molecule has 3 N–H and O–H groups in total. The molecule has 1 heterocycles. The number of phenols is 2. The van der Waals surface area contributed by atoms with Crippen molar-refractivity contribution in [2.24, 2.45) is 5.92 Å². The summed E-state index contributed by atoms with van der Waals surface area (Å²) < 4.78 is 0. The maximum atomic E-state index is 12.0. The Balaban J connectivity index is 1.63. The maximum absolute atomic E-state index is 12.0. The molecule has 0 aliphatic heterocycles. The average molecular weight is 318 g/mol. The minimum Gasteiger partial charge on any atom is -0.504 e. The Hall–Kier alpha value is -2.08. The van der Waals surface area contributed by atoms with Crippen molar-refractivity contribution in [1.82, 2.24) is 10.3 Å². The van der Waals surface area contributed by atoms with Crippen LogP contribution in [0.25, 0.3) is 11.3 Å². The van der Waals surface area contributed by atoms with Crippen LogP contribution in [-0.2, 0) is 11.3 Å². The fourth-order valence-electron chi connectivity index (χ4n) is 2.70. The molecular weight excluding hydrogens is 300 g/mol. The van der Waals surface area contributed by atoms with E-state index >= 15 is 0 Å². The van der Waals surface area contributed by atoms with Crippen molar-refractivity contribution in [3.8, 4) is 22.8 Å². The Morgan fingerprint density at radius 3 is 2.77 bits per heavy atom. The third-order valence-corrected chi connectivity index (χ3v) is 4.81. The van der Waals surface area contributed by atoms with Crippen LogP contribution in [0.4, 0.5) is 0 Å². The van der Waals surface area contributed by atoms with Crippen LogP contribution in [0.15, 0.2) is 23.6 Å². The Kier molecular flexibility index (Phi) is 4.29. The van der Waals surface area contributed by atoms with E-state index < -0.39 is 0 Å². The molecule has 1 aliphatic carbocycles. The van der Waals surface area contributed by atoms with Crippen molar-refractivity contribution in [2.75, 3.05) is 0 Å². The van der Waals surface area contributed by atoms with Gasteiger partial charge in [0, 0.05) is 16.9 Å². The zero-order valence-corrected chi connectivity index (χ0v) is 12.9. The smallest absolute Gasteiger partial charge is 0.223 e. The van der Waals surface area contributed by atoms with E-state index in [0.29, 0.717) is 6.54 Å². The van der Waals surface area contributed by atoms with Crippen LogP contribution < -0.4 is 5.32 Å². The van der Waals surface area contributed by atoms with E-state index in [9.17, 15) is 15.0 Å². The Labute approximate surface area is 132 Å². The molecule has 116 valence electrons. The number of amides is 1. The number of carbonyl (C=O) groups is 1. The highest BCUT2D eigenvalue weighted by atomic mass is 32.1. The van der Waals surface area contributed by atoms with Crippen molar-refractivity contribution in [3.05, 3.63) is 28.6 Å². The second-order valence-corrected chi connectivity index (χ2v) is 6.47. The van der Waals surface area contributed by atoms with Crippen LogP contribution in [0.2, 0.25) is 0 Å². The number of phenolic OH excluding ortho intramolecular Hbond substituents is 2. The molecule has 1 fully saturated rings. The zero-order chi connectivity index (χ0) is 15.5. The van der Waals surface area contributed by atoms with Gasteiger partial charge in [-0.3, -0.25) is 4.79 Å². The van der Waals surface area contributed by atoms with Gasteiger partial charge >= 0.3 is 0 Å². The first kappa shape index (κ1) is 14.8. The van der Waals surface area contributed by atoms with Crippen molar-refractivity contribution in [2.45, 2.75) is 32.2 Å². The number of thiazole rings is 1. The quantitative estimate of drug-likeness (QED) is 0.757. The molecule has 0 atom stereocenters. The van der Waals surface area contributed by atoms with Gasteiger partial charge < -0.3 is 15.5 Å². The Morgan fingerprint density at radius 1 is 1.27 bits per heavy atom. The second-order valence-electron chi connectivity index (χ2n) is 5.53. The molecule has 1 amide bonds. The molecule has 1 aromatic heterocycles. The molecule has 0 saturated heterocycles. The topological polar surface area (TPSA) is 82.5 Å². The van der Waals surface area contributed by atoms with Crippen LogP contribution in [0.3, 0.4) is 0 Å². The Bertz CT molecular complexity index is 678. The predicted octanol–water partition coefficient (Wildman–Crippen LogP) is 3.03.